The van der Waals surface area contributed by atoms with Crippen molar-refractivity contribution in [2.75, 3.05) is 13.7 Å². The fourth-order valence-corrected chi connectivity index (χ4v) is 2.35. The van der Waals surface area contributed by atoms with Gasteiger partial charge in [0.1, 0.15) is 11.3 Å². The first-order chi connectivity index (χ1) is 8.90. The molecule has 1 atom stereocenters. The number of nitrogens with one attached hydrogen (secondary N) is 1. The Hall–Kier alpha value is -1.74. The summed E-state index contributed by atoms with van der Waals surface area (Å²) >= 11 is 0. The molecule has 1 aromatic rings. The van der Waals surface area contributed by atoms with Gasteiger partial charge in [0, 0.05) is 0 Å². The Bertz CT molecular complexity index is 522. The molecule has 6 heteroatoms. The number of hydrogen-bond acceptors (Lipinski definition) is 3. The average molecular weight is 270 g/mol. The monoisotopic (exact) mass is 270 g/mol. The van der Waals surface area contributed by atoms with Crippen LogP contribution in [0.1, 0.15) is 17.5 Å². The Balaban J connectivity index is 2.33. The highest BCUT2D eigenvalue weighted by atomic mass is 19.4. The van der Waals surface area contributed by atoms with Crippen LogP contribution in [0.2, 0.25) is 0 Å². The van der Waals surface area contributed by atoms with E-state index in [9.17, 15) is 18.4 Å². The third-order valence-electron chi connectivity index (χ3n) is 3.33. The van der Waals surface area contributed by atoms with Gasteiger partial charge in [0.25, 0.3) is 0 Å². The van der Waals surface area contributed by atoms with E-state index in [0.717, 1.165) is 5.56 Å². The Morgan fingerprint density at radius 3 is 2.79 bits per heavy atom. The third-order valence-corrected chi connectivity index (χ3v) is 3.33. The lowest BCUT2D eigenvalue weighted by Gasteiger charge is -2.25. The number of halogens is 3. The summed E-state index contributed by atoms with van der Waals surface area (Å²) in [6.45, 7) is -1.18. The van der Waals surface area contributed by atoms with E-state index in [1.807, 2.05) is 6.07 Å². The first kappa shape index (κ1) is 13.7. The van der Waals surface area contributed by atoms with Crippen LogP contribution in [0.25, 0.3) is 0 Å². The number of rotatable bonds is 3. The van der Waals surface area contributed by atoms with Gasteiger partial charge in [-0.1, -0.05) is 6.07 Å². The predicted octanol–water partition coefficient (Wildman–Crippen LogP) is 2.51. The maximum atomic E-state index is 12.3. The number of ether oxygens (including phenoxy) is 1. The number of nitrogens with zero attached hydrogens (tertiary/aromatic N) is 1. The van der Waals surface area contributed by atoms with Gasteiger partial charge in [-0.2, -0.15) is 18.4 Å². The minimum atomic E-state index is -4.34. The van der Waals surface area contributed by atoms with E-state index in [0.29, 0.717) is 24.2 Å². The molecule has 3 nitrogen and oxygen atoms in total. The van der Waals surface area contributed by atoms with Crippen molar-refractivity contribution in [1.29, 1.82) is 5.26 Å². The first-order valence-electron chi connectivity index (χ1n) is 5.81. The van der Waals surface area contributed by atoms with Crippen LogP contribution >= 0.6 is 0 Å². The molecule has 2 rings (SSSR count). The van der Waals surface area contributed by atoms with Crippen molar-refractivity contribution in [3.8, 4) is 11.8 Å². The molecule has 0 bridgehead atoms. The summed E-state index contributed by atoms with van der Waals surface area (Å²) in [5.41, 5.74) is 0.190. The van der Waals surface area contributed by atoms with Crippen LogP contribution in [-0.4, -0.2) is 19.8 Å². The number of methoxy groups -OCH3 is 1. The molecule has 1 aliphatic rings. The van der Waals surface area contributed by atoms with Crippen molar-refractivity contribution in [3.63, 3.8) is 0 Å². The molecule has 0 radical (unpaired) electrons. The lowest BCUT2D eigenvalue weighted by Crippen LogP contribution is -2.44. The second-order valence-electron chi connectivity index (χ2n) is 4.51. The Morgan fingerprint density at radius 2 is 2.21 bits per heavy atom. The van der Waals surface area contributed by atoms with E-state index in [1.165, 1.54) is 7.11 Å². The lowest BCUT2D eigenvalue weighted by molar-refractivity contribution is -0.127. The molecule has 0 aliphatic heterocycles. The van der Waals surface area contributed by atoms with Gasteiger partial charge in [0.15, 0.2) is 0 Å². The van der Waals surface area contributed by atoms with Crippen molar-refractivity contribution >= 4 is 0 Å². The van der Waals surface area contributed by atoms with E-state index in [4.69, 9.17) is 4.74 Å². The second kappa shape index (κ2) is 4.74. The molecule has 1 unspecified atom stereocenters. The SMILES string of the molecule is COc1ccc2c(c1)C(C#N)(NCC(F)(F)F)CC2. The van der Waals surface area contributed by atoms with Crippen LogP contribution in [0, 0.1) is 11.3 Å². The van der Waals surface area contributed by atoms with Gasteiger partial charge >= 0.3 is 6.18 Å². The highest BCUT2D eigenvalue weighted by Gasteiger charge is 2.42. The Morgan fingerprint density at radius 1 is 1.47 bits per heavy atom. The maximum Gasteiger partial charge on any atom is 0.401 e. The van der Waals surface area contributed by atoms with Crippen LogP contribution < -0.4 is 10.1 Å². The second-order valence-corrected chi connectivity index (χ2v) is 4.51. The molecule has 0 amide bonds. The van der Waals surface area contributed by atoms with E-state index >= 15 is 0 Å². The number of alkyl halides is 3. The van der Waals surface area contributed by atoms with Crippen molar-refractivity contribution < 1.29 is 17.9 Å². The standard InChI is InChI=1S/C13H13F3N2O/c1-19-10-3-2-9-4-5-12(7-17,11(9)6-10)18-8-13(14,15)16/h2-3,6,18H,4-5,8H2,1H3. The van der Waals surface area contributed by atoms with Crippen molar-refractivity contribution in [3.05, 3.63) is 29.3 Å². The lowest BCUT2D eigenvalue weighted by atomic mass is 9.93. The molecule has 0 saturated heterocycles. The maximum absolute atomic E-state index is 12.3. The summed E-state index contributed by atoms with van der Waals surface area (Å²) in [7, 11) is 1.48. The zero-order valence-corrected chi connectivity index (χ0v) is 10.3. The fraction of sp³-hybridized carbons (Fsp3) is 0.462. The van der Waals surface area contributed by atoms with Crippen LogP contribution in [0.3, 0.4) is 0 Å². The zero-order valence-electron chi connectivity index (χ0n) is 10.3. The van der Waals surface area contributed by atoms with Crippen LogP contribution in [0.15, 0.2) is 18.2 Å². The summed E-state index contributed by atoms with van der Waals surface area (Å²) in [5, 5.41) is 11.7. The van der Waals surface area contributed by atoms with Crippen LogP contribution in [-0.2, 0) is 12.0 Å². The number of hydrogen-bond donors (Lipinski definition) is 1. The van der Waals surface area contributed by atoms with Gasteiger partial charge in [-0.15, -0.1) is 0 Å². The van der Waals surface area contributed by atoms with E-state index in [2.05, 4.69) is 5.32 Å². The molecule has 102 valence electrons. The summed E-state index contributed by atoms with van der Waals surface area (Å²) in [6.07, 6.45) is -3.43. The van der Waals surface area contributed by atoms with Crippen molar-refractivity contribution in [2.24, 2.45) is 0 Å². The molecule has 0 saturated carbocycles. The topological polar surface area (TPSA) is 45.0 Å². The number of aryl methyl sites for hydroxylation is 1. The highest BCUT2D eigenvalue weighted by Crippen LogP contribution is 2.38. The van der Waals surface area contributed by atoms with Gasteiger partial charge in [-0.05, 0) is 36.1 Å². The zero-order chi connectivity index (χ0) is 14.1. The molecular weight excluding hydrogens is 257 g/mol. The third kappa shape index (κ3) is 2.66. The molecule has 1 N–H and O–H groups in total. The normalized spacial score (nSPS) is 21.8. The van der Waals surface area contributed by atoms with Crippen LogP contribution in [0.4, 0.5) is 13.2 Å². The number of nitriles is 1. The van der Waals surface area contributed by atoms with E-state index in [-0.39, 0.29) is 0 Å². The quantitative estimate of drug-likeness (QED) is 0.918. The van der Waals surface area contributed by atoms with Crippen molar-refractivity contribution in [1.82, 2.24) is 5.32 Å². The largest absolute Gasteiger partial charge is 0.497 e. The molecule has 0 fully saturated rings. The molecule has 19 heavy (non-hydrogen) atoms. The fourth-order valence-electron chi connectivity index (χ4n) is 2.35. The van der Waals surface area contributed by atoms with E-state index < -0.39 is 18.3 Å². The summed E-state index contributed by atoms with van der Waals surface area (Å²) < 4.78 is 42.1. The highest BCUT2D eigenvalue weighted by molar-refractivity contribution is 5.47. The van der Waals surface area contributed by atoms with Gasteiger partial charge < -0.3 is 4.74 Å². The average Bonchev–Trinajstić information content (AvgIpc) is 2.74. The molecular formula is C13H13F3N2O. The minimum Gasteiger partial charge on any atom is -0.497 e. The summed E-state index contributed by atoms with van der Waals surface area (Å²) in [6, 6.07) is 7.16. The Labute approximate surface area is 109 Å². The number of fused-ring (bicyclic) bond motifs is 1. The van der Waals surface area contributed by atoms with Gasteiger partial charge in [0.05, 0.1) is 19.7 Å². The summed E-state index contributed by atoms with van der Waals surface area (Å²) in [5.74, 6) is 0.536. The minimum absolute atomic E-state index is 0.335. The van der Waals surface area contributed by atoms with Crippen molar-refractivity contribution in [2.45, 2.75) is 24.6 Å². The first-order valence-corrected chi connectivity index (χ1v) is 5.81. The van der Waals surface area contributed by atoms with Crippen LogP contribution in [0.5, 0.6) is 5.75 Å². The Kier molecular flexibility index (Phi) is 3.42. The molecule has 0 aromatic heterocycles. The molecule has 0 spiro atoms. The number of benzene rings is 1. The predicted molar refractivity (Wildman–Crippen MR) is 62.7 cm³/mol. The van der Waals surface area contributed by atoms with Gasteiger partial charge in [-0.3, -0.25) is 5.32 Å². The molecule has 1 aromatic carbocycles. The van der Waals surface area contributed by atoms with E-state index in [1.54, 1.807) is 18.2 Å². The smallest absolute Gasteiger partial charge is 0.401 e. The van der Waals surface area contributed by atoms with Gasteiger partial charge in [-0.25, -0.2) is 0 Å². The molecule has 0 heterocycles. The van der Waals surface area contributed by atoms with Gasteiger partial charge in [0.2, 0.25) is 0 Å². The summed E-state index contributed by atoms with van der Waals surface area (Å²) in [4.78, 5) is 0. The molecule has 1 aliphatic carbocycles.